The molecule has 0 spiro atoms. The Morgan fingerprint density at radius 3 is 2.00 bits per heavy atom. The van der Waals surface area contributed by atoms with Gasteiger partial charge in [0.2, 0.25) is 0 Å². The van der Waals surface area contributed by atoms with Crippen molar-refractivity contribution < 1.29 is 31.8 Å². The van der Waals surface area contributed by atoms with E-state index in [1.54, 1.807) is 0 Å². The number of aliphatic hydroxyl groups excluding tert-OH is 1. The molecule has 5 heteroatoms. The molecule has 0 fully saturated rings. The number of hydrogen-bond donors (Lipinski definition) is 3. The molecule has 0 aromatic carbocycles. The fraction of sp³-hybridized carbons (Fsp3) is 0.750. The number of aliphatic hydroxyl groups is 1. The fourth-order valence-corrected chi connectivity index (χ4v) is 0.206. The molecule has 0 bridgehead atoms. The number of hydrogen-bond acceptors (Lipinski definition) is 3. The van der Waals surface area contributed by atoms with Crippen LogP contribution in [0, 0.1) is 0 Å². The van der Waals surface area contributed by atoms with E-state index in [1.165, 1.54) is 6.92 Å². The topological polar surface area (TPSA) is 83.5 Å². The smallest absolute Gasteiger partial charge is 0.323 e. The van der Waals surface area contributed by atoms with Gasteiger partial charge in [0.15, 0.2) is 0 Å². The summed E-state index contributed by atoms with van der Waals surface area (Å²) in [5.41, 5.74) is 4.91. The molecule has 0 amide bonds. The predicted molar refractivity (Wildman–Crippen MR) is 27.3 cm³/mol. The van der Waals surface area contributed by atoms with Gasteiger partial charge in [-0.25, -0.2) is 0 Å². The molecule has 57 valence electrons. The van der Waals surface area contributed by atoms with Gasteiger partial charge < -0.3 is 15.9 Å². The Morgan fingerprint density at radius 2 is 2.00 bits per heavy atom. The van der Waals surface area contributed by atoms with Crippen molar-refractivity contribution in [1.82, 2.24) is 0 Å². The molecule has 0 rings (SSSR count). The van der Waals surface area contributed by atoms with Crippen molar-refractivity contribution in [3.8, 4) is 0 Å². The van der Waals surface area contributed by atoms with E-state index in [2.05, 4.69) is 0 Å². The summed E-state index contributed by atoms with van der Waals surface area (Å²) < 4.78 is 0. The number of nitrogens with two attached hydrogens (primary N) is 1. The van der Waals surface area contributed by atoms with Crippen LogP contribution >= 0.6 is 0 Å². The number of aliphatic carboxylic acids is 1. The van der Waals surface area contributed by atoms with E-state index in [0.717, 1.165) is 0 Å². The second-order valence-electron chi connectivity index (χ2n) is 1.60. The van der Waals surface area contributed by atoms with E-state index in [9.17, 15) is 4.79 Å². The van der Waals surface area contributed by atoms with Gasteiger partial charge >= 0.3 is 5.97 Å². The Morgan fingerprint density at radius 1 is 1.67 bits per heavy atom. The molecule has 0 aliphatic rings. The van der Waals surface area contributed by atoms with E-state index in [-0.39, 0.29) is 16.8 Å². The number of rotatable bonds is 2. The summed E-state index contributed by atoms with van der Waals surface area (Å²) in [6.45, 7) is 1.33. The molecule has 0 unspecified atom stereocenters. The van der Waals surface area contributed by atoms with Crippen LogP contribution in [0.1, 0.15) is 6.92 Å². The predicted octanol–water partition coefficient (Wildman–Crippen LogP) is -1.22. The first-order valence-electron chi connectivity index (χ1n) is 2.22. The van der Waals surface area contributed by atoms with Crippen LogP contribution < -0.4 is 5.73 Å². The minimum atomic E-state index is -1.18. The molecule has 0 aliphatic carbocycles. The van der Waals surface area contributed by atoms with E-state index >= 15 is 0 Å². The molecule has 0 saturated heterocycles. The van der Waals surface area contributed by atoms with Gasteiger partial charge in [-0.15, -0.1) is 0 Å². The Bertz CT molecular complexity index is 95.8. The average molecular weight is 178 g/mol. The van der Waals surface area contributed by atoms with Crippen LogP contribution in [0.4, 0.5) is 0 Å². The van der Waals surface area contributed by atoms with Crippen molar-refractivity contribution >= 4 is 5.97 Å². The monoisotopic (exact) mass is 178 g/mol. The molecule has 9 heavy (non-hydrogen) atoms. The van der Waals surface area contributed by atoms with Gasteiger partial charge in [0.05, 0.1) is 6.10 Å². The van der Waals surface area contributed by atoms with Crippen molar-refractivity contribution in [2.45, 2.75) is 19.1 Å². The zero-order valence-corrected chi connectivity index (χ0v) is 5.91. The van der Waals surface area contributed by atoms with Crippen molar-refractivity contribution in [3.05, 3.63) is 0 Å². The molecule has 0 heterocycles. The normalized spacial score (nSPS) is 15.4. The second kappa shape index (κ2) is 4.75. The van der Waals surface area contributed by atoms with Gasteiger partial charge in [0.1, 0.15) is 6.04 Å². The van der Waals surface area contributed by atoms with Crippen LogP contribution in [-0.2, 0) is 21.6 Å². The van der Waals surface area contributed by atoms with Gasteiger partial charge in [-0.3, -0.25) is 4.79 Å². The van der Waals surface area contributed by atoms with Crippen LogP contribution in [0.3, 0.4) is 0 Å². The van der Waals surface area contributed by atoms with Gasteiger partial charge in [-0.2, -0.15) is 0 Å². The van der Waals surface area contributed by atoms with Crippen molar-refractivity contribution in [1.29, 1.82) is 0 Å². The maximum absolute atomic E-state index is 9.86. The van der Waals surface area contributed by atoms with Crippen molar-refractivity contribution in [2.24, 2.45) is 5.73 Å². The molecular formula is C4H9CoNO3. The maximum atomic E-state index is 9.86. The van der Waals surface area contributed by atoms with Gasteiger partial charge in [0.25, 0.3) is 0 Å². The molecule has 1 radical (unpaired) electrons. The standard InChI is InChI=1S/C4H9NO3.Co/c1-2(6)3(5)4(7)8;/h2-3,6H,5H2,1H3,(H,7,8);/t2-,3+;/m1./s1. The molecule has 4 nitrogen and oxygen atoms in total. The third kappa shape index (κ3) is 4.40. The van der Waals surface area contributed by atoms with Crippen molar-refractivity contribution in [3.63, 3.8) is 0 Å². The number of carboxylic acid groups (broad SMARTS) is 1. The zero-order valence-electron chi connectivity index (χ0n) is 4.87. The summed E-state index contributed by atoms with van der Waals surface area (Å²) in [5, 5.41) is 16.6. The summed E-state index contributed by atoms with van der Waals surface area (Å²) in [7, 11) is 0. The van der Waals surface area contributed by atoms with Crippen LogP contribution in [-0.4, -0.2) is 28.3 Å². The second-order valence-corrected chi connectivity index (χ2v) is 1.60. The van der Waals surface area contributed by atoms with Gasteiger partial charge in [0, 0.05) is 16.8 Å². The number of carbonyl (C=O) groups is 1. The van der Waals surface area contributed by atoms with E-state index in [1.807, 2.05) is 0 Å². The molecular weight excluding hydrogens is 169 g/mol. The molecule has 0 saturated carbocycles. The third-order valence-corrected chi connectivity index (χ3v) is 0.805. The SMILES string of the molecule is C[C@@H](O)[C@H](N)C(=O)O.[Co]. The molecule has 0 aromatic heterocycles. The fourth-order valence-electron chi connectivity index (χ4n) is 0.206. The summed E-state index contributed by atoms with van der Waals surface area (Å²) >= 11 is 0. The minimum absolute atomic E-state index is 0. The first kappa shape index (κ1) is 11.7. The van der Waals surface area contributed by atoms with Crippen LogP contribution in [0.25, 0.3) is 0 Å². The number of carboxylic acids is 1. The minimum Gasteiger partial charge on any atom is -0.480 e. The summed E-state index contributed by atoms with van der Waals surface area (Å²) in [6, 6.07) is -1.16. The maximum Gasteiger partial charge on any atom is 0.323 e. The summed E-state index contributed by atoms with van der Waals surface area (Å²) in [5.74, 6) is -1.18. The quantitative estimate of drug-likeness (QED) is 0.494. The molecule has 2 atom stereocenters. The molecule has 4 N–H and O–H groups in total. The Labute approximate surface area is 63.2 Å². The largest absolute Gasteiger partial charge is 0.480 e. The average Bonchev–Trinajstić information content (AvgIpc) is 1.64. The van der Waals surface area contributed by atoms with E-state index in [4.69, 9.17) is 15.9 Å². The van der Waals surface area contributed by atoms with Gasteiger partial charge in [-0.1, -0.05) is 0 Å². The Hall–Kier alpha value is -0.104. The first-order chi connectivity index (χ1) is 3.55. The van der Waals surface area contributed by atoms with E-state index < -0.39 is 18.1 Å². The van der Waals surface area contributed by atoms with Crippen LogP contribution in [0.5, 0.6) is 0 Å². The first-order valence-corrected chi connectivity index (χ1v) is 2.22. The van der Waals surface area contributed by atoms with Gasteiger partial charge in [-0.05, 0) is 6.92 Å². The third-order valence-electron chi connectivity index (χ3n) is 0.805. The van der Waals surface area contributed by atoms with Crippen molar-refractivity contribution in [2.75, 3.05) is 0 Å². The van der Waals surface area contributed by atoms with Crippen LogP contribution in [0.15, 0.2) is 0 Å². The Balaban J connectivity index is 0. The van der Waals surface area contributed by atoms with E-state index in [0.29, 0.717) is 0 Å². The molecule has 0 aliphatic heterocycles. The zero-order chi connectivity index (χ0) is 6.73. The van der Waals surface area contributed by atoms with Crippen LogP contribution in [0.2, 0.25) is 0 Å². The molecule has 0 aromatic rings. The summed E-state index contributed by atoms with van der Waals surface area (Å²) in [4.78, 5) is 9.86. The Kier molecular flexibility index (Phi) is 6.15. The summed E-state index contributed by atoms with van der Waals surface area (Å²) in [6.07, 6.45) is -0.979.